The number of hydrogen-bond donors (Lipinski definition) is 2. The number of rotatable bonds is 4. The number of aromatic hydroxyl groups is 1. The maximum atomic E-state index is 12.0. The average Bonchev–Trinajstić information content (AvgIpc) is 2.99. The molecule has 1 amide bonds. The molecule has 0 bridgehead atoms. The number of nitrogens with one attached hydrogen (secondary N) is 1. The number of pyridine rings is 1. The molecule has 6 nitrogen and oxygen atoms in total. The van der Waals surface area contributed by atoms with E-state index in [0.717, 1.165) is 16.1 Å². The van der Waals surface area contributed by atoms with E-state index in [1.54, 1.807) is 36.7 Å². The van der Waals surface area contributed by atoms with E-state index >= 15 is 0 Å². The van der Waals surface area contributed by atoms with Gasteiger partial charge in [-0.2, -0.15) is 0 Å². The minimum Gasteiger partial charge on any atom is -0.508 e. The molecule has 0 aliphatic rings. The summed E-state index contributed by atoms with van der Waals surface area (Å²) in [5, 5.41) is 21.1. The predicted molar refractivity (Wildman–Crippen MR) is 83.6 cm³/mol. The normalized spacial score (nSPS) is 10.4. The zero-order valence-electron chi connectivity index (χ0n) is 11.4. The third-order valence-corrected chi connectivity index (χ3v) is 3.79. The van der Waals surface area contributed by atoms with Crippen molar-refractivity contribution in [1.82, 2.24) is 15.2 Å². The van der Waals surface area contributed by atoms with Gasteiger partial charge < -0.3 is 10.4 Å². The van der Waals surface area contributed by atoms with Crippen molar-refractivity contribution in [2.24, 2.45) is 0 Å². The topological polar surface area (TPSA) is 88.0 Å². The maximum absolute atomic E-state index is 12.0. The third kappa shape index (κ3) is 3.44. The average molecular weight is 312 g/mol. The van der Waals surface area contributed by atoms with Crippen molar-refractivity contribution in [3.63, 3.8) is 0 Å². The molecule has 110 valence electrons. The number of carbonyl (C=O) groups excluding carboxylic acids is 1. The lowest BCUT2D eigenvalue weighted by Crippen LogP contribution is -2.14. The van der Waals surface area contributed by atoms with Gasteiger partial charge in [0.25, 0.3) is 0 Å². The molecule has 0 spiro atoms. The molecule has 2 N–H and O–H groups in total. The zero-order chi connectivity index (χ0) is 15.4. The molecule has 0 saturated heterocycles. The number of aromatic nitrogens is 3. The Kier molecular flexibility index (Phi) is 4.06. The molecule has 0 aliphatic heterocycles. The largest absolute Gasteiger partial charge is 0.508 e. The maximum Gasteiger partial charge on any atom is 0.230 e. The fourth-order valence-corrected chi connectivity index (χ4v) is 2.61. The van der Waals surface area contributed by atoms with Gasteiger partial charge in [0.1, 0.15) is 10.8 Å². The zero-order valence-corrected chi connectivity index (χ0v) is 12.2. The molecular formula is C15H12N4O2S. The number of anilines is 1. The summed E-state index contributed by atoms with van der Waals surface area (Å²) in [7, 11) is 0. The number of phenolic OH excluding ortho intramolecular Hbond substituents is 1. The van der Waals surface area contributed by atoms with E-state index in [-0.39, 0.29) is 18.1 Å². The molecule has 2 heterocycles. The molecule has 0 saturated carbocycles. The number of phenols is 1. The standard InChI is InChI=1S/C15H12N4O2S/c20-12-3-1-10(2-4-12)9-13(21)17-15-19-18-14(22-15)11-5-7-16-8-6-11/h1-8,20H,9H2,(H,17,19,21). The van der Waals surface area contributed by atoms with Crippen LogP contribution in [0.5, 0.6) is 5.75 Å². The predicted octanol–water partition coefficient (Wildman–Crippen LogP) is 2.49. The molecule has 1 aromatic carbocycles. The summed E-state index contributed by atoms with van der Waals surface area (Å²) in [5.74, 6) is -0.00149. The Morgan fingerprint density at radius 1 is 1.09 bits per heavy atom. The number of nitrogens with zero attached hydrogens (tertiary/aromatic N) is 3. The van der Waals surface area contributed by atoms with Crippen molar-refractivity contribution in [3.8, 4) is 16.3 Å². The number of benzene rings is 1. The fourth-order valence-electron chi connectivity index (χ4n) is 1.85. The van der Waals surface area contributed by atoms with Crippen LogP contribution in [-0.2, 0) is 11.2 Å². The molecule has 22 heavy (non-hydrogen) atoms. The van der Waals surface area contributed by atoms with Crippen LogP contribution in [0.3, 0.4) is 0 Å². The highest BCUT2D eigenvalue weighted by molar-refractivity contribution is 7.18. The van der Waals surface area contributed by atoms with Crippen LogP contribution in [0.4, 0.5) is 5.13 Å². The monoisotopic (exact) mass is 312 g/mol. The Balaban J connectivity index is 1.65. The lowest BCUT2D eigenvalue weighted by molar-refractivity contribution is -0.115. The summed E-state index contributed by atoms with van der Waals surface area (Å²) >= 11 is 1.31. The molecule has 0 unspecified atom stereocenters. The number of hydrogen-bond acceptors (Lipinski definition) is 6. The van der Waals surface area contributed by atoms with Crippen LogP contribution in [0.1, 0.15) is 5.56 Å². The van der Waals surface area contributed by atoms with Gasteiger partial charge in [0.2, 0.25) is 11.0 Å². The van der Waals surface area contributed by atoms with E-state index in [9.17, 15) is 9.90 Å². The van der Waals surface area contributed by atoms with Gasteiger partial charge in [-0.15, -0.1) is 10.2 Å². The van der Waals surface area contributed by atoms with Crippen LogP contribution in [0.15, 0.2) is 48.8 Å². The van der Waals surface area contributed by atoms with Gasteiger partial charge in [0.05, 0.1) is 6.42 Å². The summed E-state index contributed by atoms with van der Waals surface area (Å²) < 4.78 is 0. The Hall–Kier alpha value is -2.80. The molecule has 0 fully saturated rings. The Labute approximate surface area is 130 Å². The molecule has 7 heteroatoms. The van der Waals surface area contributed by atoms with E-state index in [1.807, 2.05) is 12.1 Å². The van der Waals surface area contributed by atoms with Crippen LogP contribution in [0.2, 0.25) is 0 Å². The van der Waals surface area contributed by atoms with Crippen molar-refractivity contribution in [3.05, 3.63) is 54.4 Å². The lowest BCUT2D eigenvalue weighted by atomic mass is 10.1. The summed E-state index contributed by atoms with van der Waals surface area (Å²) in [4.78, 5) is 15.9. The highest BCUT2D eigenvalue weighted by atomic mass is 32.1. The third-order valence-electron chi connectivity index (χ3n) is 2.90. The van der Waals surface area contributed by atoms with E-state index in [2.05, 4.69) is 20.5 Å². The second-order valence-electron chi connectivity index (χ2n) is 4.54. The smallest absolute Gasteiger partial charge is 0.230 e. The lowest BCUT2D eigenvalue weighted by Gasteiger charge is -2.01. The van der Waals surface area contributed by atoms with Gasteiger partial charge in [-0.3, -0.25) is 9.78 Å². The molecule has 3 rings (SSSR count). The molecular weight excluding hydrogens is 300 g/mol. The van der Waals surface area contributed by atoms with Crippen molar-refractivity contribution < 1.29 is 9.90 Å². The van der Waals surface area contributed by atoms with Crippen LogP contribution in [-0.4, -0.2) is 26.2 Å². The van der Waals surface area contributed by atoms with Gasteiger partial charge >= 0.3 is 0 Å². The SMILES string of the molecule is O=C(Cc1ccc(O)cc1)Nc1nnc(-c2ccncc2)s1. The van der Waals surface area contributed by atoms with E-state index < -0.39 is 0 Å². The highest BCUT2D eigenvalue weighted by Gasteiger charge is 2.10. The van der Waals surface area contributed by atoms with Crippen molar-refractivity contribution in [2.45, 2.75) is 6.42 Å². The van der Waals surface area contributed by atoms with Gasteiger partial charge in [-0.1, -0.05) is 23.5 Å². The molecule has 0 aliphatic carbocycles. The van der Waals surface area contributed by atoms with Gasteiger partial charge in [0.15, 0.2) is 0 Å². The summed E-state index contributed by atoms with van der Waals surface area (Å²) in [5.41, 5.74) is 1.72. The first kappa shape index (κ1) is 14.2. The first-order chi connectivity index (χ1) is 10.7. The van der Waals surface area contributed by atoms with E-state index in [4.69, 9.17) is 0 Å². The van der Waals surface area contributed by atoms with Gasteiger partial charge in [-0.25, -0.2) is 0 Å². The van der Waals surface area contributed by atoms with Crippen molar-refractivity contribution in [2.75, 3.05) is 5.32 Å². The quantitative estimate of drug-likeness (QED) is 0.772. The highest BCUT2D eigenvalue weighted by Crippen LogP contribution is 2.25. The van der Waals surface area contributed by atoms with Crippen LogP contribution >= 0.6 is 11.3 Å². The minimum atomic E-state index is -0.178. The molecule has 0 atom stereocenters. The van der Waals surface area contributed by atoms with Gasteiger partial charge in [0, 0.05) is 18.0 Å². The second-order valence-corrected chi connectivity index (χ2v) is 5.52. The van der Waals surface area contributed by atoms with Gasteiger partial charge in [-0.05, 0) is 29.8 Å². The first-order valence-corrected chi connectivity index (χ1v) is 7.34. The Morgan fingerprint density at radius 3 is 2.55 bits per heavy atom. The second kappa shape index (κ2) is 6.31. The summed E-state index contributed by atoms with van der Waals surface area (Å²) in [6.45, 7) is 0. The number of amides is 1. The van der Waals surface area contributed by atoms with Crippen molar-refractivity contribution in [1.29, 1.82) is 0 Å². The fraction of sp³-hybridized carbons (Fsp3) is 0.0667. The van der Waals surface area contributed by atoms with Crippen molar-refractivity contribution >= 4 is 22.4 Å². The van der Waals surface area contributed by atoms with Crippen LogP contribution in [0.25, 0.3) is 10.6 Å². The van der Waals surface area contributed by atoms with Crippen LogP contribution in [0, 0.1) is 0 Å². The molecule has 2 aromatic heterocycles. The number of carbonyl (C=O) groups is 1. The molecule has 3 aromatic rings. The summed E-state index contributed by atoms with van der Waals surface area (Å²) in [6, 6.07) is 10.2. The van der Waals surface area contributed by atoms with Crippen LogP contribution < -0.4 is 5.32 Å². The summed E-state index contributed by atoms with van der Waals surface area (Å²) in [6.07, 6.45) is 3.57. The minimum absolute atomic E-state index is 0.176. The Morgan fingerprint density at radius 2 is 1.82 bits per heavy atom. The van der Waals surface area contributed by atoms with E-state index in [1.165, 1.54) is 11.3 Å². The first-order valence-electron chi connectivity index (χ1n) is 6.52. The molecule has 0 radical (unpaired) electrons. The Bertz CT molecular complexity index is 772. The van der Waals surface area contributed by atoms with E-state index in [0.29, 0.717) is 5.13 Å².